The monoisotopic (exact) mass is 341 g/mol. The lowest BCUT2D eigenvalue weighted by Gasteiger charge is -2.19. The number of hydrogen-bond donors (Lipinski definition) is 2. The highest BCUT2D eigenvalue weighted by molar-refractivity contribution is 5.77. The second-order valence-electron chi connectivity index (χ2n) is 6.53. The van der Waals surface area contributed by atoms with Crippen molar-refractivity contribution in [2.45, 2.75) is 39.2 Å². The van der Waals surface area contributed by atoms with Gasteiger partial charge in [-0.3, -0.25) is 4.79 Å². The minimum absolute atomic E-state index is 0.0152. The van der Waals surface area contributed by atoms with Crippen LogP contribution in [-0.4, -0.2) is 30.3 Å². The largest absolute Gasteiger partial charge is 0.484 e. The number of aliphatic hydroxyl groups excluding tert-OH is 1. The van der Waals surface area contributed by atoms with Crippen molar-refractivity contribution in [1.82, 2.24) is 5.32 Å². The Morgan fingerprint density at radius 3 is 2.48 bits per heavy atom. The van der Waals surface area contributed by atoms with E-state index in [4.69, 9.17) is 4.74 Å². The number of carbonyl (C=O) groups excluding carboxylic acids is 1. The van der Waals surface area contributed by atoms with Gasteiger partial charge in [0.05, 0.1) is 6.10 Å². The van der Waals surface area contributed by atoms with Crippen LogP contribution in [0.25, 0.3) is 0 Å². The van der Waals surface area contributed by atoms with Crippen LogP contribution in [0.3, 0.4) is 0 Å². The third-order valence-corrected chi connectivity index (χ3v) is 4.29. The van der Waals surface area contributed by atoms with E-state index in [0.717, 1.165) is 11.1 Å². The van der Waals surface area contributed by atoms with E-state index in [1.54, 1.807) is 6.92 Å². The van der Waals surface area contributed by atoms with Crippen molar-refractivity contribution in [3.63, 3.8) is 0 Å². The van der Waals surface area contributed by atoms with Crippen molar-refractivity contribution >= 4 is 5.91 Å². The van der Waals surface area contributed by atoms with Gasteiger partial charge in [-0.15, -0.1) is 0 Å². The van der Waals surface area contributed by atoms with Crippen LogP contribution < -0.4 is 10.1 Å². The highest BCUT2D eigenvalue weighted by atomic mass is 16.5. The smallest absolute Gasteiger partial charge is 0.257 e. The molecule has 0 saturated heterocycles. The van der Waals surface area contributed by atoms with Crippen LogP contribution in [0.5, 0.6) is 5.75 Å². The SMILES string of the molecule is Cc1ccc(OCC(=O)NCC(CC(C)O)c2ccccc2)cc1C. The Balaban J connectivity index is 1.86. The normalized spacial score (nSPS) is 13.1. The van der Waals surface area contributed by atoms with Crippen LogP contribution in [0, 0.1) is 13.8 Å². The molecule has 2 atom stereocenters. The van der Waals surface area contributed by atoms with Gasteiger partial charge in [0, 0.05) is 12.5 Å². The van der Waals surface area contributed by atoms with Crippen LogP contribution >= 0.6 is 0 Å². The molecular weight excluding hydrogens is 314 g/mol. The number of amides is 1. The average molecular weight is 341 g/mol. The summed E-state index contributed by atoms with van der Waals surface area (Å²) in [6, 6.07) is 15.7. The Morgan fingerprint density at radius 2 is 1.84 bits per heavy atom. The lowest BCUT2D eigenvalue weighted by atomic mass is 9.93. The summed E-state index contributed by atoms with van der Waals surface area (Å²) < 4.78 is 5.56. The molecule has 2 unspecified atom stereocenters. The molecule has 1 amide bonds. The van der Waals surface area contributed by atoms with Crippen molar-refractivity contribution in [3.05, 3.63) is 65.2 Å². The van der Waals surface area contributed by atoms with E-state index in [0.29, 0.717) is 18.7 Å². The zero-order valence-electron chi connectivity index (χ0n) is 15.2. The number of ether oxygens (including phenoxy) is 1. The molecule has 0 aliphatic rings. The summed E-state index contributed by atoms with van der Waals surface area (Å²) in [5.41, 5.74) is 3.44. The van der Waals surface area contributed by atoms with Crippen molar-refractivity contribution in [2.75, 3.05) is 13.2 Å². The zero-order valence-corrected chi connectivity index (χ0v) is 15.2. The van der Waals surface area contributed by atoms with Gasteiger partial charge in [-0.05, 0) is 56.0 Å². The number of aliphatic hydroxyl groups is 1. The quantitative estimate of drug-likeness (QED) is 0.774. The van der Waals surface area contributed by atoms with Gasteiger partial charge < -0.3 is 15.2 Å². The maximum absolute atomic E-state index is 12.1. The van der Waals surface area contributed by atoms with E-state index in [1.807, 2.05) is 62.4 Å². The Hall–Kier alpha value is -2.33. The third-order valence-electron chi connectivity index (χ3n) is 4.29. The Morgan fingerprint density at radius 1 is 1.12 bits per heavy atom. The lowest BCUT2D eigenvalue weighted by Crippen LogP contribution is -2.33. The lowest BCUT2D eigenvalue weighted by molar-refractivity contribution is -0.123. The first kappa shape index (κ1) is 19.0. The summed E-state index contributed by atoms with van der Waals surface area (Å²) >= 11 is 0. The van der Waals surface area contributed by atoms with Crippen LogP contribution in [0.2, 0.25) is 0 Å². The molecule has 0 radical (unpaired) electrons. The first-order valence-electron chi connectivity index (χ1n) is 8.65. The molecule has 0 aliphatic carbocycles. The van der Waals surface area contributed by atoms with Gasteiger partial charge in [0.2, 0.25) is 0 Å². The van der Waals surface area contributed by atoms with Crippen LogP contribution in [0.1, 0.15) is 36.0 Å². The summed E-state index contributed by atoms with van der Waals surface area (Å²) in [5.74, 6) is 0.610. The summed E-state index contributed by atoms with van der Waals surface area (Å²) in [4.78, 5) is 12.1. The fraction of sp³-hybridized carbons (Fsp3) is 0.381. The summed E-state index contributed by atoms with van der Waals surface area (Å²) in [6.07, 6.45) is 0.177. The van der Waals surface area contributed by atoms with Crippen molar-refractivity contribution in [1.29, 1.82) is 0 Å². The highest BCUT2D eigenvalue weighted by Crippen LogP contribution is 2.20. The molecule has 25 heavy (non-hydrogen) atoms. The zero-order chi connectivity index (χ0) is 18.2. The van der Waals surface area contributed by atoms with E-state index < -0.39 is 6.10 Å². The summed E-state index contributed by atoms with van der Waals surface area (Å²) in [6.45, 7) is 6.28. The van der Waals surface area contributed by atoms with E-state index in [9.17, 15) is 9.90 Å². The number of aryl methyl sites for hydroxylation is 2. The fourth-order valence-electron chi connectivity index (χ4n) is 2.71. The van der Waals surface area contributed by atoms with E-state index in [2.05, 4.69) is 5.32 Å². The number of nitrogens with one attached hydrogen (secondary N) is 1. The molecule has 2 aromatic carbocycles. The fourth-order valence-corrected chi connectivity index (χ4v) is 2.71. The van der Waals surface area contributed by atoms with Gasteiger partial charge in [-0.25, -0.2) is 0 Å². The first-order chi connectivity index (χ1) is 12.0. The van der Waals surface area contributed by atoms with Gasteiger partial charge in [0.1, 0.15) is 5.75 Å². The molecule has 2 aromatic rings. The maximum Gasteiger partial charge on any atom is 0.257 e. The van der Waals surface area contributed by atoms with Gasteiger partial charge in [0.15, 0.2) is 6.61 Å². The van der Waals surface area contributed by atoms with Crippen LogP contribution in [0.15, 0.2) is 48.5 Å². The predicted octanol–water partition coefficient (Wildman–Crippen LogP) is 3.35. The van der Waals surface area contributed by atoms with Crippen molar-refractivity contribution < 1.29 is 14.6 Å². The summed E-state index contributed by atoms with van der Waals surface area (Å²) in [5, 5.41) is 12.6. The number of benzene rings is 2. The van der Waals surface area contributed by atoms with Crippen LogP contribution in [0.4, 0.5) is 0 Å². The topological polar surface area (TPSA) is 58.6 Å². The molecule has 0 bridgehead atoms. The second kappa shape index (κ2) is 9.23. The van der Waals surface area contributed by atoms with E-state index in [-0.39, 0.29) is 18.4 Å². The van der Waals surface area contributed by atoms with Gasteiger partial charge in [0.25, 0.3) is 5.91 Å². The molecule has 0 heterocycles. The Kier molecular flexibility index (Phi) is 7.02. The van der Waals surface area contributed by atoms with Gasteiger partial charge in [-0.1, -0.05) is 36.4 Å². The molecule has 0 spiro atoms. The number of hydrogen-bond acceptors (Lipinski definition) is 3. The van der Waals surface area contributed by atoms with Gasteiger partial charge >= 0.3 is 0 Å². The minimum atomic E-state index is -0.422. The Labute approximate surface area is 149 Å². The molecule has 2 N–H and O–H groups in total. The molecule has 4 nitrogen and oxygen atoms in total. The first-order valence-corrected chi connectivity index (χ1v) is 8.65. The van der Waals surface area contributed by atoms with E-state index in [1.165, 1.54) is 5.56 Å². The molecule has 0 fully saturated rings. The second-order valence-corrected chi connectivity index (χ2v) is 6.53. The maximum atomic E-state index is 12.1. The van der Waals surface area contributed by atoms with Crippen molar-refractivity contribution in [2.24, 2.45) is 0 Å². The molecular formula is C21H27NO3. The molecule has 0 saturated carbocycles. The molecule has 134 valence electrons. The summed E-state index contributed by atoms with van der Waals surface area (Å²) in [7, 11) is 0. The molecule has 4 heteroatoms. The number of rotatable bonds is 8. The Bertz CT molecular complexity index is 683. The highest BCUT2D eigenvalue weighted by Gasteiger charge is 2.15. The standard InChI is InChI=1S/C21H27NO3/c1-15-9-10-20(11-16(15)2)25-14-21(24)22-13-19(12-17(3)23)18-7-5-4-6-8-18/h4-11,17,19,23H,12-14H2,1-3H3,(H,22,24). The molecule has 0 aliphatic heterocycles. The molecule has 2 rings (SSSR count). The average Bonchev–Trinajstić information content (AvgIpc) is 2.60. The van der Waals surface area contributed by atoms with Crippen molar-refractivity contribution in [3.8, 4) is 5.75 Å². The van der Waals surface area contributed by atoms with E-state index >= 15 is 0 Å². The minimum Gasteiger partial charge on any atom is -0.484 e. The van der Waals surface area contributed by atoms with Crippen LogP contribution in [-0.2, 0) is 4.79 Å². The van der Waals surface area contributed by atoms with Gasteiger partial charge in [-0.2, -0.15) is 0 Å². The third kappa shape index (κ3) is 6.24. The molecule has 0 aromatic heterocycles. The predicted molar refractivity (Wildman–Crippen MR) is 99.9 cm³/mol. The number of carbonyl (C=O) groups is 1.